The molecule has 0 aliphatic carbocycles. The maximum Gasteiger partial charge on any atom is 0.187 e. The summed E-state index contributed by atoms with van der Waals surface area (Å²) < 4.78 is 27.1. The van der Waals surface area contributed by atoms with Crippen molar-refractivity contribution < 1.29 is 69.6 Å². The van der Waals surface area contributed by atoms with Gasteiger partial charge in [-0.3, -0.25) is 0 Å². The Hall–Kier alpha value is -0.560. The quantitative estimate of drug-likeness (QED) is 0.182. The zero-order valence-electron chi connectivity index (χ0n) is 17.4. The van der Waals surface area contributed by atoms with Crippen molar-refractivity contribution in [2.24, 2.45) is 0 Å². The van der Waals surface area contributed by atoms with Crippen LogP contribution in [0.3, 0.4) is 0 Å². The minimum atomic E-state index is -1.78. The first-order valence-corrected chi connectivity index (χ1v) is 10.3. The Morgan fingerprint density at radius 3 is 1.66 bits per heavy atom. The fourth-order valence-corrected chi connectivity index (χ4v) is 3.93. The van der Waals surface area contributed by atoms with E-state index < -0.39 is 98.7 Å². The smallest absolute Gasteiger partial charge is 0.187 e. The van der Waals surface area contributed by atoms with Crippen LogP contribution in [0, 0.1) is 0 Å². The molecule has 188 valence electrons. The summed E-state index contributed by atoms with van der Waals surface area (Å²) in [4.78, 5) is 0. The van der Waals surface area contributed by atoms with Gasteiger partial charge in [-0.2, -0.15) is 0 Å². The number of ether oxygens (including phenoxy) is 5. The third-order valence-corrected chi connectivity index (χ3v) is 6.01. The molecule has 3 fully saturated rings. The molecule has 0 bridgehead atoms. The van der Waals surface area contributed by atoms with E-state index in [0.29, 0.717) is 0 Å². The number of rotatable bonds is 5. The molecule has 0 radical (unpaired) electrons. The predicted octanol–water partition coefficient (Wildman–Crippen LogP) is -5.52. The molecule has 0 aromatic carbocycles. The molecule has 3 aliphatic rings. The monoisotopic (exact) mass is 472 g/mol. The first kappa shape index (κ1) is 26.1. The average Bonchev–Trinajstić information content (AvgIpc) is 2.76. The predicted molar refractivity (Wildman–Crippen MR) is 98.4 cm³/mol. The normalized spacial score (nSPS) is 55.0. The molecule has 9 N–H and O–H groups in total. The molecule has 15 atom stereocenters. The van der Waals surface area contributed by atoms with E-state index >= 15 is 0 Å². The zero-order valence-corrected chi connectivity index (χ0v) is 17.4. The highest BCUT2D eigenvalue weighted by Crippen LogP contribution is 2.32. The molecule has 0 spiro atoms. The SMILES string of the molecule is C[C@@H]1O[C@@H](O[C@H]2[C@H](O[C@H]3[C@H](O)[C@@H](O)[C@H](O)O[C@@H]3CO)O[C@@H](C)[C@H](O)[C@H]2O)[C@H](O)[C@H](O)[C@H]1O. The summed E-state index contributed by atoms with van der Waals surface area (Å²) in [6.45, 7) is 2.13. The van der Waals surface area contributed by atoms with Crippen molar-refractivity contribution in [1.29, 1.82) is 0 Å². The summed E-state index contributed by atoms with van der Waals surface area (Å²) in [5.74, 6) is 0. The van der Waals surface area contributed by atoms with Crippen LogP contribution in [0.4, 0.5) is 0 Å². The van der Waals surface area contributed by atoms with Crippen LogP contribution in [0.25, 0.3) is 0 Å². The van der Waals surface area contributed by atoms with Crippen LogP contribution in [-0.2, 0) is 23.7 Å². The van der Waals surface area contributed by atoms with Gasteiger partial charge in [0, 0.05) is 0 Å². The second-order valence-electron chi connectivity index (χ2n) is 8.30. The first-order chi connectivity index (χ1) is 15.0. The Bertz CT molecular complexity index is 608. The summed E-state index contributed by atoms with van der Waals surface area (Å²) in [7, 11) is 0. The molecule has 0 aromatic rings. The molecule has 3 rings (SSSR count). The highest BCUT2D eigenvalue weighted by Gasteiger charge is 2.52. The first-order valence-electron chi connectivity index (χ1n) is 10.3. The van der Waals surface area contributed by atoms with E-state index in [1.807, 2.05) is 0 Å². The van der Waals surface area contributed by atoms with Crippen molar-refractivity contribution in [2.75, 3.05) is 6.61 Å². The van der Waals surface area contributed by atoms with Crippen molar-refractivity contribution >= 4 is 0 Å². The summed E-state index contributed by atoms with van der Waals surface area (Å²) >= 11 is 0. The van der Waals surface area contributed by atoms with Gasteiger partial charge in [0.25, 0.3) is 0 Å². The zero-order chi connectivity index (χ0) is 23.9. The maximum absolute atomic E-state index is 10.6. The minimum absolute atomic E-state index is 0.712. The molecule has 0 amide bonds. The van der Waals surface area contributed by atoms with E-state index in [9.17, 15) is 46.0 Å². The van der Waals surface area contributed by atoms with Gasteiger partial charge in [0.1, 0.15) is 61.0 Å². The van der Waals surface area contributed by atoms with E-state index in [1.165, 1.54) is 13.8 Å². The Morgan fingerprint density at radius 2 is 1.06 bits per heavy atom. The molecule has 0 aromatic heterocycles. The van der Waals surface area contributed by atoms with Crippen LogP contribution in [0.1, 0.15) is 13.8 Å². The number of hydrogen-bond donors (Lipinski definition) is 9. The van der Waals surface area contributed by atoms with Gasteiger partial charge in [0.2, 0.25) is 0 Å². The lowest BCUT2D eigenvalue weighted by Gasteiger charge is -2.47. The highest BCUT2D eigenvalue weighted by molar-refractivity contribution is 4.95. The average molecular weight is 472 g/mol. The van der Waals surface area contributed by atoms with Crippen LogP contribution < -0.4 is 0 Å². The van der Waals surface area contributed by atoms with Crippen LogP contribution in [0.2, 0.25) is 0 Å². The van der Waals surface area contributed by atoms with Gasteiger partial charge in [-0.15, -0.1) is 0 Å². The largest absolute Gasteiger partial charge is 0.394 e. The Labute approximate surface area is 183 Å². The molecular weight excluding hydrogens is 440 g/mol. The number of aliphatic hydroxyl groups excluding tert-OH is 9. The van der Waals surface area contributed by atoms with Crippen LogP contribution >= 0.6 is 0 Å². The molecule has 14 heteroatoms. The lowest BCUT2D eigenvalue weighted by Crippen LogP contribution is -2.66. The van der Waals surface area contributed by atoms with Gasteiger partial charge in [-0.05, 0) is 13.8 Å². The van der Waals surface area contributed by atoms with Gasteiger partial charge < -0.3 is 69.6 Å². The van der Waals surface area contributed by atoms with Crippen molar-refractivity contribution in [2.45, 2.75) is 106 Å². The second kappa shape index (κ2) is 10.4. The Balaban J connectivity index is 1.81. The summed E-state index contributed by atoms with van der Waals surface area (Å²) in [5, 5.41) is 90.2. The lowest BCUT2D eigenvalue weighted by atomic mass is 9.96. The van der Waals surface area contributed by atoms with E-state index in [4.69, 9.17) is 23.7 Å². The summed E-state index contributed by atoms with van der Waals surface area (Å²) in [5.41, 5.74) is 0. The number of hydrogen-bond acceptors (Lipinski definition) is 14. The molecule has 3 saturated heterocycles. The van der Waals surface area contributed by atoms with Crippen LogP contribution in [-0.4, -0.2) is 145 Å². The van der Waals surface area contributed by atoms with Gasteiger partial charge in [-0.25, -0.2) is 0 Å². The molecule has 3 heterocycles. The molecule has 32 heavy (non-hydrogen) atoms. The van der Waals surface area contributed by atoms with Crippen molar-refractivity contribution in [3.8, 4) is 0 Å². The summed E-state index contributed by atoms with van der Waals surface area (Å²) in [6.07, 6.45) is -22.5. The molecule has 14 nitrogen and oxygen atoms in total. The Kier molecular flexibility index (Phi) is 8.44. The standard InChI is InChI=1S/C18H32O14/c1-4-7(20)9(22)13(26)17(28-4)32-15-10(23)8(21)5(2)29-18(15)31-14-6(3-19)30-16(27)12(25)11(14)24/h4-27H,3H2,1-2H3/t4-,5-,6+,7-,8-,9+,10+,11+,12+,13+,14+,15+,16+,17-,18-/m0/s1. The van der Waals surface area contributed by atoms with E-state index in [0.717, 1.165) is 0 Å². The van der Waals surface area contributed by atoms with E-state index in [2.05, 4.69) is 0 Å². The van der Waals surface area contributed by atoms with Crippen LogP contribution in [0.15, 0.2) is 0 Å². The van der Waals surface area contributed by atoms with Crippen molar-refractivity contribution in [3.05, 3.63) is 0 Å². The summed E-state index contributed by atoms with van der Waals surface area (Å²) in [6, 6.07) is 0. The van der Waals surface area contributed by atoms with Gasteiger partial charge in [-0.1, -0.05) is 0 Å². The molecular formula is C18H32O14. The van der Waals surface area contributed by atoms with Gasteiger partial charge in [0.05, 0.1) is 18.8 Å². The second-order valence-corrected chi connectivity index (χ2v) is 8.30. The van der Waals surface area contributed by atoms with E-state index in [1.54, 1.807) is 0 Å². The third kappa shape index (κ3) is 4.94. The third-order valence-electron chi connectivity index (χ3n) is 6.01. The van der Waals surface area contributed by atoms with Gasteiger partial charge >= 0.3 is 0 Å². The van der Waals surface area contributed by atoms with E-state index in [-0.39, 0.29) is 0 Å². The minimum Gasteiger partial charge on any atom is -0.394 e. The molecule has 0 unspecified atom stereocenters. The van der Waals surface area contributed by atoms with Gasteiger partial charge in [0.15, 0.2) is 18.9 Å². The molecule has 3 aliphatic heterocycles. The topological polar surface area (TPSA) is 228 Å². The fraction of sp³-hybridized carbons (Fsp3) is 1.00. The molecule has 0 saturated carbocycles. The lowest BCUT2D eigenvalue weighted by molar-refractivity contribution is -0.383. The van der Waals surface area contributed by atoms with Crippen molar-refractivity contribution in [1.82, 2.24) is 0 Å². The fourth-order valence-electron chi connectivity index (χ4n) is 3.93. The van der Waals surface area contributed by atoms with Crippen molar-refractivity contribution in [3.63, 3.8) is 0 Å². The Morgan fingerprint density at radius 1 is 0.562 bits per heavy atom. The van der Waals surface area contributed by atoms with Crippen LogP contribution in [0.5, 0.6) is 0 Å². The number of aliphatic hydroxyl groups is 9. The maximum atomic E-state index is 10.6. The highest BCUT2D eigenvalue weighted by atomic mass is 16.8.